The SMILES string of the molecule is CC1(C)CCC(N2CCc3cc(-c4cccc(-c5ncc[nH]5)c4)ccc3C2)CC1.O=C(O)C(F)(F)F. The summed E-state index contributed by atoms with van der Waals surface area (Å²) in [6.07, 6.45) is 5.22. The summed E-state index contributed by atoms with van der Waals surface area (Å²) in [6, 6.07) is 16.5. The number of H-pyrrole nitrogens is 1. The third kappa shape index (κ3) is 6.35. The first-order valence-electron chi connectivity index (χ1n) is 12.3. The third-order valence-electron chi connectivity index (χ3n) is 7.28. The molecule has 0 amide bonds. The van der Waals surface area contributed by atoms with E-state index in [1.54, 1.807) is 6.20 Å². The molecule has 1 aliphatic heterocycles. The summed E-state index contributed by atoms with van der Waals surface area (Å²) in [5.74, 6) is -1.83. The Labute approximate surface area is 209 Å². The minimum Gasteiger partial charge on any atom is -0.475 e. The van der Waals surface area contributed by atoms with Crippen molar-refractivity contribution in [1.29, 1.82) is 0 Å². The summed E-state index contributed by atoms with van der Waals surface area (Å²) in [5.41, 5.74) is 7.30. The molecule has 36 heavy (non-hydrogen) atoms. The van der Waals surface area contributed by atoms with E-state index in [0.717, 1.165) is 24.0 Å². The number of rotatable bonds is 3. The number of nitrogens with one attached hydrogen (secondary N) is 1. The van der Waals surface area contributed by atoms with Crippen molar-refractivity contribution >= 4 is 5.97 Å². The lowest BCUT2D eigenvalue weighted by Crippen LogP contribution is -2.42. The quantitative estimate of drug-likeness (QED) is 0.421. The van der Waals surface area contributed by atoms with Crippen molar-refractivity contribution in [3.63, 3.8) is 0 Å². The lowest BCUT2D eigenvalue weighted by Gasteiger charge is -2.42. The number of alkyl halides is 3. The maximum atomic E-state index is 10.6. The second kappa shape index (κ2) is 10.5. The first kappa shape index (κ1) is 25.9. The Kier molecular flexibility index (Phi) is 7.54. The molecule has 8 heteroatoms. The van der Waals surface area contributed by atoms with Gasteiger partial charge in [0, 0.05) is 37.1 Å². The van der Waals surface area contributed by atoms with Crippen LogP contribution in [0.15, 0.2) is 54.9 Å². The molecule has 2 heterocycles. The molecule has 1 fully saturated rings. The largest absolute Gasteiger partial charge is 0.490 e. The van der Waals surface area contributed by atoms with Gasteiger partial charge in [0.1, 0.15) is 5.82 Å². The van der Waals surface area contributed by atoms with Gasteiger partial charge in [-0.25, -0.2) is 9.78 Å². The Morgan fingerprint density at radius 3 is 2.36 bits per heavy atom. The van der Waals surface area contributed by atoms with E-state index in [1.165, 1.54) is 60.9 Å². The normalized spacial score (nSPS) is 18.1. The molecule has 0 spiro atoms. The number of hydrogen-bond acceptors (Lipinski definition) is 3. The number of aliphatic carboxylic acids is 1. The van der Waals surface area contributed by atoms with E-state index < -0.39 is 12.1 Å². The van der Waals surface area contributed by atoms with Crippen molar-refractivity contribution in [2.75, 3.05) is 6.54 Å². The number of halogens is 3. The monoisotopic (exact) mass is 499 g/mol. The molecule has 1 saturated carbocycles. The number of carboxylic acid groups (broad SMARTS) is 1. The maximum Gasteiger partial charge on any atom is 0.490 e. The van der Waals surface area contributed by atoms with Gasteiger partial charge in [0.25, 0.3) is 0 Å². The second-order valence-electron chi connectivity index (χ2n) is 10.4. The number of hydrogen-bond donors (Lipinski definition) is 2. The minimum atomic E-state index is -5.08. The Balaban J connectivity index is 0.000000384. The number of fused-ring (bicyclic) bond motifs is 1. The number of carbonyl (C=O) groups is 1. The molecule has 0 radical (unpaired) electrons. The van der Waals surface area contributed by atoms with Gasteiger partial charge in [-0.05, 0) is 65.8 Å². The van der Waals surface area contributed by atoms with Crippen molar-refractivity contribution in [2.45, 2.75) is 64.7 Å². The first-order valence-corrected chi connectivity index (χ1v) is 12.3. The van der Waals surface area contributed by atoms with Crippen LogP contribution in [-0.4, -0.2) is 44.7 Å². The van der Waals surface area contributed by atoms with Crippen molar-refractivity contribution < 1.29 is 23.1 Å². The van der Waals surface area contributed by atoms with Crippen LogP contribution in [0.25, 0.3) is 22.5 Å². The average Bonchev–Trinajstić information content (AvgIpc) is 3.38. The Morgan fingerprint density at radius 1 is 1.06 bits per heavy atom. The summed E-state index contributed by atoms with van der Waals surface area (Å²) < 4.78 is 31.7. The van der Waals surface area contributed by atoms with E-state index in [2.05, 4.69) is 71.2 Å². The number of imidazole rings is 1. The highest BCUT2D eigenvalue weighted by atomic mass is 19.4. The molecule has 0 atom stereocenters. The van der Waals surface area contributed by atoms with Gasteiger partial charge in [0.2, 0.25) is 0 Å². The van der Waals surface area contributed by atoms with Crippen LogP contribution in [0.5, 0.6) is 0 Å². The topological polar surface area (TPSA) is 69.2 Å². The van der Waals surface area contributed by atoms with Gasteiger partial charge in [-0.1, -0.05) is 50.2 Å². The molecule has 2 N–H and O–H groups in total. The zero-order chi connectivity index (χ0) is 25.9. The van der Waals surface area contributed by atoms with Crippen molar-refractivity contribution in [1.82, 2.24) is 14.9 Å². The van der Waals surface area contributed by atoms with Gasteiger partial charge in [0.05, 0.1) is 0 Å². The summed E-state index contributed by atoms with van der Waals surface area (Å²) in [4.78, 5) is 19.2. The fraction of sp³-hybridized carbons (Fsp3) is 0.429. The molecule has 2 aliphatic rings. The first-order chi connectivity index (χ1) is 17.0. The van der Waals surface area contributed by atoms with Gasteiger partial charge in [-0.2, -0.15) is 13.2 Å². The molecular formula is C28H32F3N3O2. The molecule has 0 saturated heterocycles. The van der Waals surface area contributed by atoms with Crippen LogP contribution < -0.4 is 0 Å². The molecule has 192 valence electrons. The molecule has 3 aromatic rings. The Morgan fingerprint density at radius 2 is 1.72 bits per heavy atom. The molecule has 0 bridgehead atoms. The fourth-order valence-corrected chi connectivity index (χ4v) is 5.08. The average molecular weight is 500 g/mol. The van der Waals surface area contributed by atoms with Gasteiger partial charge in [-0.3, -0.25) is 4.90 Å². The van der Waals surface area contributed by atoms with Gasteiger partial charge in [-0.15, -0.1) is 0 Å². The maximum absolute atomic E-state index is 10.6. The summed E-state index contributed by atoms with van der Waals surface area (Å²) in [6.45, 7) is 7.18. The van der Waals surface area contributed by atoms with Crippen LogP contribution in [0.1, 0.15) is 50.7 Å². The molecule has 1 aromatic heterocycles. The van der Waals surface area contributed by atoms with E-state index in [1.807, 2.05) is 6.20 Å². The summed E-state index contributed by atoms with van der Waals surface area (Å²) >= 11 is 0. The highest BCUT2D eigenvalue weighted by Gasteiger charge is 2.38. The molecule has 2 aromatic carbocycles. The lowest BCUT2D eigenvalue weighted by molar-refractivity contribution is -0.192. The van der Waals surface area contributed by atoms with Crippen molar-refractivity contribution in [3.05, 3.63) is 66.0 Å². The van der Waals surface area contributed by atoms with E-state index in [4.69, 9.17) is 9.90 Å². The van der Waals surface area contributed by atoms with Gasteiger partial charge >= 0.3 is 12.1 Å². The molecular weight excluding hydrogens is 467 g/mol. The molecule has 5 nitrogen and oxygen atoms in total. The van der Waals surface area contributed by atoms with E-state index in [0.29, 0.717) is 5.41 Å². The number of carboxylic acids is 1. The molecule has 5 rings (SSSR count). The van der Waals surface area contributed by atoms with E-state index in [9.17, 15) is 13.2 Å². The number of aromatic nitrogens is 2. The van der Waals surface area contributed by atoms with Crippen molar-refractivity contribution in [2.24, 2.45) is 5.41 Å². The van der Waals surface area contributed by atoms with Crippen LogP contribution in [0, 0.1) is 5.41 Å². The Bertz CT molecular complexity index is 1180. The van der Waals surface area contributed by atoms with Gasteiger partial charge in [0.15, 0.2) is 0 Å². The smallest absolute Gasteiger partial charge is 0.475 e. The van der Waals surface area contributed by atoms with Crippen LogP contribution in [0.4, 0.5) is 13.2 Å². The summed E-state index contributed by atoms with van der Waals surface area (Å²) in [7, 11) is 0. The second-order valence-corrected chi connectivity index (χ2v) is 10.4. The van der Waals surface area contributed by atoms with Crippen LogP contribution >= 0.6 is 0 Å². The van der Waals surface area contributed by atoms with E-state index >= 15 is 0 Å². The third-order valence-corrected chi connectivity index (χ3v) is 7.28. The zero-order valence-corrected chi connectivity index (χ0v) is 20.6. The van der Waals surface area contributed by atoms with Gasteiger partial charge < -0.3 is 10.1 Å². The number of aromatic amines is 1. The highest BCUT2D eigenvalue weighted by Crippen LogP contribution is 2.38. The summed E-state index contributed by atoms with van der Waals surface area (Å²) in [5, 5.41) is 7.12. The highest BCUT2D eigenvalue weighted by molar-refractivity contribution is 5.73. The predicted octanol–water partition coefficient (Wildman–Crippen LogP) is 6.70. The predicted molar refractivity (Wildman–Crippen MR) is 133 cm³/mol. The zero-order valence-electron chi connectivity index (χ0n) is 20.6. The Hall–Kier alpha value is -3.13. The van der Waals surface area contributed by atoms with Crippen LogP contribution in [0.3, 0.4) is 0 Å². The van der Waals surface area contributed by atoms with Crippen LogP contribution in [-0.2, 0) is 17.8 Å². The number of nitrogens with zero attached hydrogens (tertiary/aromatic N) is 2. The standard InChI is InChI=1S/C26H31N3.C2HF3O2/c1-26(2)11-8-24(9-12-26)29-15-10-21-16-20(6-7-23(21)18-29)19-4-3-5-22(17-19)25-27-13-14-28-25;3-2(4,5)1(6)7/h3-7,13-14,16-17,24H,8-12,15,18H2,1-2H3,(H,27,28);(H,6,7). The van der Waals surface area contributed by atoms with Crippen molar-refractivity contribution in [3.8, 4) is 22.5 Å². The lowest BCUT2D eigenvalue weighted by atomic mass is 9.75. The fourth-order valence-electron chi connectivity index (χ4n) is 5.08. The molecule has 0 unspecified atom stereocenters. The molecule has 1 aliphatic carbocycles. The van der Waals surface area contributed by atoms with Crippen LogP contribution in [0.2, 0.25) is 0 Å². The van der Waals surface area contributed by atoms with E-state index in [-0.39, 0.29) is 0 Å². The number of benzene rings is 2. The minimum absolute atomic E-state index is 0.545.